The first kappa shape index (κ1) is 18.0. The van der Waals surface area contributed by atoms with Crippen LogP contribution in [0.4, 0.5) is 0 Å². The summed E-state index contributed by atoms with van der Waals surface area (Å²) in [7, 11) is -0.380. The second-order valence-corrected chi connectivity index (χ2v) is 7.99. The first-order valence-corrected chi connectivity index (χ1v) is 9.12. The van der Waals surface area contributed by atoms with E-state index in [1.165, 1.54) is 5.56 Å². The van der Waals surface area contributed by atoms with E-state index in [0.717, 1.165) is 16.6 Å². The van der Waals surface area contributed by atoms with Crippen molar-refractivity contribution in [3.63, 3.8) is 0 Å². The van der Waals surface area contributed by atoms with E-state index in [2.05, 4.69) is 10.2 Å². The summed E-state index contributed by atoms with van der Waals surface area (Å²) in [5.41, 5.74) is 3.22. The van der Waals surface area contributed by atoms with Gasteiger partial charge in [-0.2, -0.15) is 0 Å². The van der Waals surface area contributed by atoms with Gasteiger partial charge in [-0.05, 0) is 64.3 Å². The van der Waals surface area contributed by atoms with E-state index in [4.69, 9.17) is 13.7 Å². The molecule has 1 fully saturated rings. The van der Waals surface area contributed by atoms with Crippen LogP contribution in [0.3, 0.4) is 0 Å². The van der Waals surface area contributed by atoms with Crippen molar-refractivity contribution in [1.29, 1.82) is 0 Å². The molecule has 6 heteroatoms. The van der Waals surface area contributed by atoms with Gasteiger partial charge in [0, 0.05) is 11.1 Å². The fraction of sp³-hybridized carbons (Fsp3) is 0.333. The molecule has 0 saturated carbocycles. The average Bonchev–Trinajstić information content (AvgIpc) is 3.19. The number of aryl methyl sites for hydroxylation is 1. The fourth-order valence-corrected chi connectivity index (χ4v) is 2.91. The molecule has 1 aliphatic heterocycles. The molecule has 27 heavy (non-hydrogen) atoms. The van der Waals surface area contributed by atoms with Crippen LogP contribution in [0.15, 0.2) is 52.9 Å². The summed E-state index contributed by atoms with van der Waals surface area (Å²) in [6.07, 6.45) is 0. The third kappa shape index (κ3) is 3.31. The number of hydrogen-bond donors (Lipinski definition) is 0. The van der Waals surface area contributed by atoms with Crippen molar-refractivity contribution >= 4 is 12.6 Å². The number of nitrogens with zero attached hydrogens (tertiary/aromatic N) is 2. The van der Waals surface area contributed by atoms with Crippen molar-refractivity contribution in [2.45, 2.75) is 45.8 Å². The van der Waals surface area contributed by atoms with Crippen LogP contribution in [0.2, 0.25) is 0 Å². The smallest absolute Gasteiger partial charge is 0.416 e. The second-order valence-electron chi connectivity index (χ2n) is 7.99. The van der Waals surface area contributed by atoms with Crippen LogP contribution in [0.1, 0.15) is 33.3 Å². The standard InChI is InChI=1S/C21H23BN2O3/c1-14-6-8-15(9-7-14)18-23-24-19(25-18)16-10-12-17(13-11-16)22-26-20(2,3)21(4,5)27-22/h6-13H,1-5H3. The molecule has 1 saturated heterocycles. The van der Waals surface area contributed by atoms with Crippen molar-refractivity contribution in [1.82, 2.24) is 10.2 Å². The fourth-order valence-electron chi connectivity index (χ4n) is 2.91. The first-order chi connectivity index (χ1) is 12.7. The molecule has 0 radical (unpaired) electrons. The normalized spacial score (nSPS) is 18.0. The number of benzene rings is 2. The second kappa shape index (κ2) is 6.32. The van der Waals surface area contributed by atoms with E-state index in [0.29, 0.717) is 11.8 Å². The van der Waals surface area contributed by atoms with Crippen molar-refractivity contribution in [2.24, 2.45) is 0 Å². The topological polar surface area (TPSA) is 57.4 Å². The molecule has 3 aromatic rings. The van der Waals surface area contributed by atoms with Gasteiger partial charge < -0.3 is 13.7 Å². The largest absolute Gasteiger partial charge is 0.494 e. The summed E-state index contributed by atoms with van der Waals surface area (Å²) in [6.45, 7) is 10.2. The highest BCUT2D eigenvalue weighted by Crippen LogP contribution is 2.36. The maximum Gasteiger partial charge on any atom is 0.494 e. The zero-order valence-corrected chi connectivity index (χ0v) is 16.3. The van der Waals surface area contributed by atoms with Crippen molar-refractivity contribution in [3.8, 4) is 22.9 Å². The number of aromatic nitrogens is 2. The van der Waals surface area contributed by atoms with E-state index in [9.17, 15) is 0 Å². The summed E-state index contributed by atoms with van der Waals surface area (Å²) < 4.78 is 18.0. The SMILES string of the molecule is Cc1ccc(-c2nnc(-c3ccc(B4OC(C)(C)C(C)(C)O4)cc3)o2)cc1. The van der Waals surface area contributed by atoms with Gasteiger partial charge >= 0.3 is 7.12 Å². The minimum absolute atomic E-state index is 0.355. The predicted octanol–water partition coefficient (Wildman–Crippen LogP) is 4.01. The van der Waals surface area contributed by atoms with Crippen molar-refractivity contribution in [3.05, 3.63) is 54.1 Å². The monoisotopic (exact) mass is 362 g/mol. The molecule has 0 bridgehead atoms. The average molecular weight is 362 g/mol. The molecule has 4 rings (SSSR count). The van der Waals surface area contributed by atoms with Gasteiger partial charge in [0.1, 0.15) is 0 Å². The van der Waals surface area contributed by atoms with Crippen molar-refractivity contribution in [2.75, 3.05) is 0 Å². The van der Waals surface area contributed by atoms with Crippen molar-refractivity contribution < 1.29 is 13.7 Å². The third-order valence-electron chi connectivity index (χ3n) is 5.41. The van der Waals surface area contributed by atoms with Crippen LogP contribution in [0, 0.1) is 6.92 Å². The van der Waals surface area contributed by atoms with Gasteiger partial charge in [-0.1, -0.05) is 29.8 Å². The summed E-state index contributed by atoms with van der Waals surface area (Å²) in [4.78, 5) is 0. The quantitative estimate of drug-likeness (QED) is 0.659. The van der Waals surface area contributed by atoms with Gasteiger partial charge in [-0.3, -0.25) is 0 Å². The van der Waals surface area contributed by atoms with Crippen LogP contribution in [0.5, 0.6) is 0 Å². The Labute approximate surface area is 159 Å². The molecule has 0 atom stereocenters. The van der Waals surface area contributed by atoms with E-state index >= 15 is 0 Å². The van der Waals surface area contributed by atoms with Crippen LogP contribution >= 0.6 is 0 Å². The molecular weight excluding hydrogens is 339 g/mol. The summed E-state index contributed by atoms with van der Waals surface area (Å²) >= 11 is 0. The lowest BCUT2D eigenvalue weighted by molar-refractivity contribution is 0.00578. The summed E-state index contributed by atoms with van der Waals surface area (Å²) in [6, 6.07) is 15.9. The molecule has 0 spiro atoms. The third-order valence-corrected chi connectivity index (χ3v) is 5.41. The Kier molecular flexibility index (Phi) is 4.20. The zero-order valence-electron chi connectivity index (χ0n) is 16.3. The Hall–Kier alpha value is -2.44. The van der Waals surface area contributed by atoms with Gasteiger partial charge in [0.25, 0.3) is 0 Å². The number of rotatable bonds is 3. The molecule has 0 unspecified atom stereocenters. The molecule has 1 aliphatic rings. The van der Waals surface area contributed by atoms with Gasteiger partial charge in [-0.15, -0.1) is 10.2 Å². The predicted molar refractivity (Wildman–Crippen MR) is 106 cm³/mol. The molecule has 5 nitrogen and oxygen atoms in total. The maximum absolute atomic E-state index is 6.09. The highest BCUT2D eigenvalue weighted by atomic mass is 16.7. The molecule has 0 N–H and O–H groups in total. The van der Waals surface area contributed by atoms with E-state index in [1.54, 1.807) is 0 Å². The Morgan fingerprint density at radius 2 is 1.15 bits per heavy atom. The first-order valence-electron chi connectivity index (χ1n) is 9.12. The molecular formula is C21H23BN2O3. The molecule has 0 aliphatic carbocycles. The zero-order chi connectivity index (χ0) is 19.2. The van der Waals surface area contributed by atoms with Crippen LogP contribution in [-0.4, -0.2) is 28.5 Å². The van der Waals surface area contributed by atoms with Crippen LogP contribution in [-0.2, 0) is 9.31 Å². The Balaban J connectivity index is 1.54. The van der Waals surface area contributed by atoms with E-state index < -0.39 is 0 Å². The molecule has 2 aromatic carbocycles. The lowest BCUT2D eigenvalue weighted by Crippen LogP contribution is -2.41. The lowest BCUT2D eigenvalue weighted by Gasteiger charge is -2.32. The summed E-state index contributed by atoms with van der Waals surface area (Å²) in [5, 5.41) is 8.34. The highest BCUT2D eigenvalue weighted by molar-refractivity contribution is 6.62. The number of hydrogen-bond acceptors (Lipinski definition) is 5. The molecule has 0 amide bonds. The molecule has 138 valence electrons. The Morgan fingerprint density at radius 1 is 0.704 bits per heavy atom. The van der Waals surface area contributed by atoms with Gasteiger partial charge in [0.15, 0.2) is 0 Å². The minimum atomic E-state index is -0.380. The lowest BCUT2D eigenvalue weighted by atomic mass is 9.79. The molecule has 2 heterocycles. The Bertz CT molecular complexity index is 930. The van der Waals surface area contributed by atoms with Crippen LogP contribution in [0.25, 0.3) is 22.9 Å². The maximum atomic E-state index is 6.09. The van der Waals surface area contributed by atoms with Gasteiger partial charge in [0.05, 0.1) is 11.2 Å². The van der Waals surface area contributed by atoms with E-state index in [1.807, 2.05) is 83.1 Å². The minimum Gasteiger partial charge on any atom is -0.416 e. The highest BCUT2D eigenvalue weighted by Gasteiger charge is 2.51. The van der Waals surface area contributed by atoms with Gasteiger partial charge in [0.2, 0.25) is 11.8 Å². The Morgan fingerprint density at radius 3 is 1.63 bits per heavy atom. The summed E-state index contributed by atoms with van der Waals surface area (Å²) in [5.74, 6) is 1.01. The molecule has 1 aromatic heterocycles. The van der Waals surface area contributed by atoms with E-state index in [-0.39, 0.29) is 18.3 Å². The van der Waals surface area contributed by atoms with Gasteiger partial charge in [-0.25, -0.2) is 0 Å². The van der Waals surface area contributed by atoms with Crippen LogP contribution < -0.4 is 5.46 Å².